The van der Waals surface area contributed by atoms with E-state index in [1.807, 2.05) is 0 Å². The summed E-state index contributed by atoms with van der Waals surface area (Å²) in [6.45, 7) is 8.78. The molecule has 0 spiro atoms. The minimum Gasteiger partial charge on any atom is -0.383 e. The molecular weight excluding hydrogens is 232 g/mol. The van der Waals surface area contributed by atoms with Crippen molar-refractivity contribution in [3.05, 3.63) is 22.4 Å². The molecule has 0 aliphatic carbocycles. The van der Waals surface area contributed by atoms with Crippen LogP contribution in [0.5, 0.6) is 0 Å². The maximum atomic E-state index is 5.94. The number of rotatable bonds is 7. The molecule has 0 bridgehead atoms. The van der Waals surface area contributed by atoms with Gasteiger partial charge in [-0.2, -0.15) is 0 Å². The molecule has 1 aromatic rings. The van der Waals surface area contributed by atoms with Crippen LogP contribution >= 0.6 is 11.3 Å². The van der Waals surface area contributed by atoms with Gasteiger partial charge in [0.05, 0.1) is 12.1 Å². The average Bonchev–Trinajstić information content (AvgIpc) is 2.78. The molecule has 0 saturated carbocycles. The fourth-order valence-electron chi connectivity index (χ4n) is 2.14. The number of methoxy groups -OCH3 is 1. The first-order valence-electron chi connectivity index (χ1n) is 6.01. The van der Waals surface area contributed by atoms with Gasteiger partial charge in [0.2, 0.25) is 0 Å². The maximum absolute atomic E-state index is 5.94. The van der Waals surface area contributed by atoms with E-state index in [9.17, 15) is 0 Å². The van der Waals surface area contributed by atoms with Crippen LogP contribution in [0, 0.1) is 0 Å². The summed E-state index contributed by atoms with van der Waals surface area (Å²) in [7, 11) is 1.73. The number of thiophene rings is 1. The molecule has 0 aromatic carbocycles. The summed E-state index contributed by atoms with van der Waals surface area (Å²) in [6.07, 6.45) is 0. The zero-order valence-corrected chi connectivity index (χ0v) is 12.1. The van der Waals surface area contributed by atoms with Gasteiger partial charge in [-0.25, -0.2) is 0 Å². The van der Waals surface area contributed by atoms with Gasteiger partial charge in [0.25, 0.3) is 0 Å². The van der Waals surface area contributed by atoms with E-state index < -0.39 is 0 Å². The molecule has 4 heteroatoms. The van der Waals surface area contributed by atoms with Crippen molar-refractivity contribution in [3.8, 4) is 0 Å². The van der Waals surface area contributed by atoms with Gasteiger partial charge in [0.15, 0.2) is 0 Å². The Labute approximate surface area is 109 Å². The highest BCUT2D eigenvalue weighted by Crippen LogP contribution is 2.23. The van der Waals surface area contributed by atoms with Crippen LogP contribution in [-0.2, 0) is 11.3 Å². The van der Waals surface area contributed by atoms with Crippen LogP contribution in [0.4, 0.5) is 0 Å². The molecule has 1 atom stereocenters. The van der Waals surface area contributed by atoms with Gasteiger partial charge in [-0.05, 0) is 32.2 Å². The number of nitrogens with zero attached hydrogens (tertiary/aromatic N) is 1. The summed E-state index contributed by atoms with van der Waals surface area (Å²) >= 11 is 1.79. The van der Waals surface area contributed by atoms with Crippen molar-refractivity contribution < 1.29 is 4.74 Å². The maximum Gasteiger partial charge on any atom is 0.0656 e. The van der Waals surface area contributed by atoms with E-state index in [0.717, 1.165) is 6.54 Å². The van der Waals surface area contributed by atoms with E-state index in [-0.39, 0.29) is 5.54 Å². The Morgan fingerprint density at radius 2 is 2.24 bits per heavy atom. The first-order chi connectivity index (χ1) is 8.03. The summed E-state index contributed by atoms with van der Waals surface area (Å²) in [5.74, 6) is 0. The molecule has 1 unspecified atom stereocenters. The summed E-state index contributed by atoms with van der Waals surface area (Å²) < 4.78 is 5.33. The second kappa shape index (κ2) is 6.50. The lowest BCUT2D eigenvalue weighted by Gasteiger charge is -2.42. The Balaban J connectivity index is 2.83. The first-order valence-corrected chi connectivity index (χ1v) is 6.89. The van der Waals surface area contributed by atoms with Crippen LogP contribution < -0.4 is 5.73 Å². The van der Waals surface area contributed by atoms with Gasteiger partial charge in [-0.15, -0.1) is 11.3 Å². The summed E-state index contributed by atoms with van der Waals surface area (Å²) in [6, 6.07) is 4.71. The first kappa shape index (κ1) is 14.6. The van der Waals surface area contributed by atoms with Crippen molar-refractivity contribution in [2.24, 2.45) is 5.73 Å². The fraction of sp³-hybridized carbons (Fsp3) is 0.692. The lowest BCUT2D eigenvalue weighted by molar-refractivity contribution is 0.00250. The normalized spacial score (nSPS) is 15.5. The van der Waals surface area contributed by atoms with Crippen molar-refractivity contribution in [2.45, 2.75) is 38.9 Å². The molecule has 17 heavy (non-hydrogen) atoms. The van der Waals surface area contributed by atoms with Crippen molar-refractivity contribution >= 4 is 11.3 Å². The number of hydrogen-bond acceptors (Lipinski definition) is 4. The van der Waals surface area contributed by atoms with Crippen molar-refractivity contribution in [1.29, 1.82) is 0 Å². The van der Waals surface area contributed by atoms with Crippen LogP contribution in [-0.4, -0.2) is 36.7 Å². The summed E-state index contributed by atoms with van der Waals surface area (Å²) in [5.41, 5.74) is 5.84. The monoisotopic (exact) mass is 256 g/mol. The molecule has 1 rings (SSSR count). The lowest BCUT2D eigenvalue weighted by atomic mass is 9.99. The fourth-order valence-corrected chi connectivity index (χ4v) is 2.84. The van der Waals surface area contributed by atoms with E-state index in [2.05, 4.69) is 43.2 Å². The Kier molecular flexibility index (Phi) is 5.59. The van der Waals surface area contributed by atoms with Crippen LogP contribution in [0.1, 0.15) is 25.6 Å². The molecule has 3 nitrogen and oxygen atoms in total. The average molecular weight is 256 g/mol. The minimum absolute atomic E-state index is 0.104. The van der Waals surface area contributed by atoms with Crippen molar-refractivity contribution in [1.82, 2.24) is 4.90 Å². The summed E-state index contributed by atoms with van der Waals surface area (Å²) in [5, 5.41) is 2.12. The minimum atomic E-state index is -0.104. The smallest absolute Gasteiger partial charge is 0.0656 e. The van der Waals surface area contributed by atoms with Crippen molar-refractivity contribution in [2.75, 3.05) is 20.3 Å². The Morgan fingerprint density at radius 1 is 1.53 bits per heavy atom. The molecule has 1 aromatic heterocycles. The van der Waals surface area contributed by atoms with Crippen LogP contribution in [0.25, 0.3) is 0 Å². The second-order valence-corrected chi connectivity index (χ2v) is 5.97. The number of nitrogens with two attached hydrogens (primary N) is 1. The zero-order valence-electron chi connectivity index (χ0n) is 11.3. The number of hydrogen-bond donors (Lipinski definition) is 1. The third-order valence-electron chi connectivity index (χ3n) is 3.12. The van der Waals surface area contributed by atoms with E-state index in [4.69, 9.17) is 10.5 Å². The highest BCUT2D eigenvalue weighted by Gasteiger charge is 2.32. The van der Waals surface area contributed by atoms with Crippen LogP contribution in [0.3, 0.4) is 0 Å². The SMILES string of the molecule is COCC(C)(CN)N(Cc1cccs1)C(C)C. The molecular formula is C13H24N2OS. The van der Waals surface area contributed by atoms with Gasteiger partial charge in [-0.3, -0.25) is 4.90 Å². The van der Waals surface area contributed by atoms with Crippen LogP contribution in [0.15, 0.2) is 17.5 Å². The highest BCUT2D eigenvalue weighted by atomic mass is 32.1. The molecule has 98 valence electrons. The molecule has 0 aliphatic heterocycles. The van der Waals surface area contributed by atoms with Gasteiger partial charge < -0.3 is 10.5 Å². The van der Waals surface area contributed by atoms with Crippen molar-refractivity contribution in [3.63, 3.8) is 0 Å². The van der Waals surface area contributed by atoms with E-state index >= 15 is 0 Å². The molecule has 1 heterocycles. The van der Waals surface area contributed by atoms with E-state index in [1.54, 1.807) is 18.4 Å². The quantitative estimate of drug-likeness (QED) is 0.813. The van der Waals surface area contributed by atoms with E-state index in [1.165, 1.54) is 4.88 Å². The second-order valence-electron chi connectivity index (χ2n) is 4.94. The zero-order chi connectivity index (χ0) is 12.9. The number of ether oxygens (including phenoxy) is 1. The topological polar surface area (TPSA) is 38.5 Å². The molecule has 0 amide bonds. The largest absolute Gasteiger partial charge is 0.383 e. The predicted molar refractivity (Wildman–Crippen MR) is 74.3 cm³/mol. The summed E-state index contributed by atoms with van der Waals surface area (Å²) in [4.78, 5) is 3.79. The molecule has 2 N–H and O–H groups in total. The standard InChI is InChI=1S/C13H24N2OS/c1-11(2)15(8-12-6-5-7-17-12)13(3,9-14)10-16-4/h5-7,11H,8-10,14H2,1-4H3. The van der Waals surface area contributed by atoms with Gasteiger partial charge in [0.1, 0.15) is 0 Å². The molecule has 0 aliphatic rings. The highest BCUT2D eigenvalue weighted by molar-refractivity contribution is 7.09. The lowest BCUT2D eigenvalue weighted by Crippen LogP contribution is -2.56. The molecule has 0 radical (unpaired) electrons. The Bertz CT molecular complexity index is 313. The third-order valence-corrected chi connectivity index (χ3v) is 3.98. The van der Waals surface area contributed by atoms with E-state index in [0.29, 0.717) is 19.2 Å². The molecule has 0 fully saturated rings. The van der Waals surface area contributed by atoms with Crippen LogP contribution in [0.2, 0.25) is 0 Å². The van der Waals surface area contributed by atoms with Gasteiger partial charge in [0, 0.05) is 31.1 Å². The van der Waals surface area contributed by atoms with Gasteiger partial charge in [-0.1, -0.05) is 6.07 Å². The predicted octanol–water partition coefficient (Wildman–Crippen LogP) is 2.32. The van der Waals surface area contributed by atoms with Gasteiger partial charge >= 0.3 is 0 Å². The Hall–Kier alpha value is -0.420. The Morgan fingerprint density at radius 3 is 2.65 bits per heavy atom. The third kappa shape index (κ3) is 3.78. The molecule has 0 saturated heterocycles.